The highest BCUT2D eigenvalue weighted by atomic mass is 16.6. The molecule has 0 saturated heterocycles. The SMILES string of the molecule is C.CC(=O)O[C@]1(C(C)=O)CC[C@H]2[C@@H]3C=C(C)C4=CC(=O)CC[C@]4(C)[C@H]3CC[C@@]21C. The summed E-state index contributed by atoms with van der Waals surface area (Å²) < 4.78 is 5.82. The lowest BCUT2D eigenvalue weighted by atomic mass is 9.47. The van der Waals surface area contributed by atoms with Gasteiger partial charge in [0.05, 0.1) is 0 Å². The summed E-state index contributed by atoms with van der Waals surface area (Å²) in [7, 11) is 0. The Morgan fingerprint density at radius 2 is 1.72 bits per heavy atom. The number of allylic oxidation sites excluding steroid dienone is 4. The highest BCUT2D eigenvalue weighted by Gasteiger charge is 2.67. The van der Waals surface area contributed by atoms with E-state index in [-0.39, 0.29) is 35.8 Å². The molecule has 2 saturated carbocycles. The van der Waals surface area contributed by atoms with Crippen LogP contribution in [0.3, 0.4) is 0 Å². The molecule has 0 aromatic heterocycles. The zero-order chi connectivity index (χ0) is 20.5. The molecular weight excluding hydrogens is 364 g/mol. The van der Waals surface area contributed by atoms with Crippen LogP contribution in [0.15, 0.2) is 23.3 Å². The van der Waals surface area contributed by atoms with Crippen LogP contribution in [0.5, 0.6) is 0 Å². The van der Waals surface area contributed by atoms with Gasteiger partial charge in [0.15, 0.2) is 17.2 Å². The van der Waals surface area contributed by atoms with Crippen molar-refractivity contribution in [1.29, 1.82) is 0 Å². The highest BCUT2D eigenvalue weighted by Crippen LogP contribution is 2.67. The smallest absolute Gasteiger partial charge is 0.303 e. The van der Waals surface area contributed by atoms with Gasteiger partial charge in [-0.25, -0.2) is 0 Å². The quantitative estimate of drug-likeness (QED) is 0.597. The molecule has 0 amide bonds. The minimum Gasteiger partial charge on any atom is -0.451 e. The van der Waals surface area contributed by atoms with E-state index in [2.05, 4.69) is 26.8 Å². The lowest BCUT2D eigenvalue weighted by molar-refractivity contribution is -0.185. The molecule has 0 N–H and O–H groups in total. The first-order valence-electron chi connectivity index (χ1n) is 10.7. The van der Waals surface area contributed by atoms with E-state index in [1.54, 1.807) is 6.92 Å². The minimum atomic E-state index is -0.990. The van der Waals surface area contributed by atoms with Gasteiger partial charge in [0, 0.05) is 18.8 Å². The minimum absolute atomic E-state index is 0. The van der Waals surface area contributed by atoms with E-state index in [1.807, 2.05) is 6.08 Å². The Morgan fingerprint density at radius 3 is 2.34 bits per heavy atom. The van der Waals surface area contributed by atoms with Gasteiger partial charge in [-0.1, -0.05) is 32.9 Å². The monoisotopic (exact) mass is 400 g/mol. The summed E-state index contributed by atoms with van der Waals surface area (Å²) in [4.78, 5) is 36.8. The van der Waals surface area contributed by atoms with E-state index in [0.717, 1.165) is 25.7 Å². The van der Waals surface area contributed by atoms with Gasteiger partial charge < -0.3 is 4.74 Å². The van der Waals surface area contributed by atoms with Crippen molar-refractivity contribution in [2.24, 2.45) is 28.6 Å². The summed E-state index contributed by atoms with van der Waals surface area (Å²) in [6.45, 7) is 9.63. The maximum atomic E-state index is 12.8. The number of fused-ring (bicyclic) bond motifs is 5. The molecule has 160 valence electrons. The van der Waals surface area contributed by atoms with Crippen molar-refractivity contribution in [1.82, 2.24) is 0 Å². The number of carbonyl (C=O) groups is 3. The molecule has 0 aliphatic heterocycles. The summed E-state index contributed by atoms with van der Waals surface area (Å²) in [5.74, 6) is 1.03. The lowest BCUT2D eigenvalue weighted by Gasteiger charge is -2.58. The molecule has 0 heterocycles. The second-order valence-corrected chi connectivity index (χ2v) is 10.1. The maximum absolute atomic E-state index is 12.8. The first-order chi connectivity index (χ1) is 13.0. The van der Waals surface area contributed by atoms with Crippen molar-refractivity contribution < 1.29 is 19.1 Å². The topological polar surface area (TPSA) is 60.4 Å². The molecule has 4 aliphatic carbocycles. The Bertz CT molecular complexity index is 821. The average molecular weight is 401 g/mol. The summed E-state index contributed by atoms with van der Waals surface area (Å²) in [6, 6.07) is 0. The molecule has 4 rings (SSSR count). The third-order valence-electron chi connectivity index (χ3n) is 8.84. The van der Waals surface area contributed by atoms with Gasteiger partial charge >= 0.3 is 5.97 Å². The first-order valence-corrected chi connectivity index (χ1v) is 10.7. The standard InChI is InChI=1S/C24H32O4.CH4/c1-14-12-18-19(22(4)9-6-17(27)13-21(14)22)7-10-23(5)20(18)8-11-24(23,15(2)25)28-16(3)26;/h12-13,18-20H,6-11H2,1-5H3;1H4/t18-,19+,20+,22-,23+,24+;/m1./s1. The van der Waals surface area contributed by atoms with Crippen molar-refractivity contribution >= 4 is 17.5 Å². The second-order valence-electron chi connectivity index (χ2n) is 10.1. The molecule has 0 spiro atoms. The van der Waals surface area contributed by atoms with Crippen molar-refractivity contribution in [3.8, 4) is 0 Å². The molecule has 0 bridgehead atoms. The Labute approximate surface area is 175 Å². The number of rotatable bonds is 2. The van der Waals surface area contributed by atoms with Crippen LogP contribution in [0.1, 0.15) is 80.6 Å². The number of ketones is 2. The fraction of sp³-hybridized carbons (Fsp3) is 0.720. The molecule has 29 heavy (non-hydrogen) atoms. The van der Waals surface area contributed by atoms with Gasteiger partial charge in [-0.15, -0.1) is 0 Å². The maximum Gasteiger partial charge on any atom is 0.303 e. The number of Topliss-reactive ketones (excluding diaryl/α,β-unsaturated/α-hetero) is 1. The number of ether oxygens (including phenoxy) is 1. The van der Waals surface area contributed by atoms with Gasteiger partial charge in [0.25, 0.3) is 0 Å². The highest BCUT2D eigenvalue weighted by molar-refractivity contribution is 5.92. The molecule has 0 aromatic carbocycles. The van der Waals surface area contributed by atoms with Crippen LogP contribution < -0.4 is 0 Å². The summed E-state index contributed by atoms with van der Waals surface area (Å²) in [6.07, 6.45) is 9.20. The Balaban J connectivity index is 0.00000240. The van der Waals surface area contributed by atoms with E-state index in [1.165, 1.54) is 18.1 Å². The largest absolute Gasteiger partial charge is 0.451 e. The van der Waals surface area contributed by atoms with E-state index < -0.39 is 5.60 Å². The van der Waals surface area contributed by atoms with E-state index >= 15 is 0 Å². The Kier molecular flexibility index (Phi) is 5.25. The predicted molar refractivity (Wildman–Crippen MR) is 113 cm³/mol. The zero-order valence-electron chi connectivity index (χ0n) is 17.8. The molecule has 0 unspecified atom stereocenters. The van der Waals surface area contributed by atoms with Crippen molar-refractivity contribution in [3.63, 3.8) is 0 Å². The fourth-order valence-corrected chi connectivity index (χ4v) is 7.48. The third kappa shape index (κ3) is 2.81. The molecular formula is C25H36O4. The van der Waals surface area contributed by atoms with Gasteiger partial charge in [-0.2, -0.15) is 0 Å². The number of hydrogen-bond donors (Lipinski definition) is 0. The summed E-state index contributed by atoms with van der Waals surface area (Å²) in [5, 5.41) is 0. The molecule has 4 aliphatic rings. The fourth-order valence-electron chi connectivity index (χ4n) is 7.48. The Morgan fingerprint density at radius 1 is 1.07 bits per heavy atom. The normalized spacial score (nSPS) is 43.1. The molecule has 4 nitrogen and oxygen atoms in total. The van der Waals surface area contributed by atoms with E-state index in [9.17, 15) is 14.4 Å². The zero-order valence-corrected chi connectivity index (χ0v) is 17.8. The van der Waals surface area contributed by atoms with Crippen LogP contribution in [-0.2, 0) is 19.1 Å². The third-order valence-corrected chi connectivity index (χ3v) is 8.84. The van der Waals surface area contributed by atoms with Gasteiger partial charge in [-0.3, -0.25) is 14.4 Å². The molecule has 6 atom stereocenters. The number of carbonyl (C=O) groups excluding carboxylic acids is 3. The van der Waals surface area contributed by atoms with Crippen molar-refractivity contribution in [2.45, 2.75) is 86.2 Å². The van der Waals surface area contributed by atoms with Crippen LogP contribution in [0.4, 0.5) is 0 Å². The van der Waals surface area contributed by atoms with Crippen LogP contribution in [0.2, 0.25) is 0 Å². The number of esters is 1. The van der Waals surface area contributed by atoms with E-state index in [0.29, 0.717) is 30.6 Å². The summed E-state index contributed by atoms with van der Waals surface area (Å²) in [5.41, 5.74) is 1.15. The summed E-state index contributed by atoms with van der Waals surface area (Å²) >= 11 is 0. The van der Waals surface area contributed by atoms with Crippen molar-refractivity contribution in [2.75, 3.05) is 0 Å². The van der Waals surface area contributed by atoms with Crippen LogP contribution >= 0.6 is 0 Å². The van der Waals surface area contributed by atoms with Crippen LogP contribution in [-0.4, -0.2) is 23.1 Å². The average Bonchev–Trinajstić information content (AvgIpc) is 2.90. The molecule has 0 radical (unpaired) electrons. The molecule has 2 fully saturated rings. The molecule has 4 heteroatoms. The van der Waals surface area contributed by atoms with Crippen LogP contribution in [0, 0.1) is 28.6 Å². The van der Waals surface area contributed by atoms with Crippen molar-refractivity contribution in [3.05, 3.63) is 23.3 Å². The number of hydrogen-bond acceptors (Lipinski definition) is 4. The first kappa shape index (κ1) is 22.0. The second kappa shape index (κ2) is 6.92. The van der Waals surface area contributed by atoms with Gasteiger partial charge in [0.2, 0.25) is 0 Å². The van der Waals surface area contributed by atoms with Gasteiger partial charge in [0.1, 0.15) is 0 Å². The van der Waals surface area contributed by atoms with Crippen LogP contribution in [0.25, 0.3) is 0 Å². The lowest BCUT2D eigenvalue weighted by Crippen LogP contribution is -2.58. The predicted octanol–water partition coefficient (Wildman–Crippen LogP) is 5.21. The Hall–Kier alpha value is -1.71. The van der Waals surface area contributed by atoms with E-state index in [4.69, 9.17) is 4.74 Å². The van der Waals surface area contributed by atoms with Gasteiger partial charge in [-0.05, 0) is 80.8 Å². The molecule has 0 aromatic rings.